The fourth-order valence-corrected chi connectivity index (χ4v) is 5.89. The topological polar surface area (TPSA) is 9.23 Å². The van der Waals surface area contributed by atoms with Crippen molar-refractivity contribution in [2.24, 2.45) is 5.92 Å². The van der Waals surface area contributed by atoms with Gasteiger partial charge in [0.1, 0.15) is 15.5 Å². The third kappa shape index (κ3) is 2.20. The average Bonchev–Trinajstić information content (AvgIpc) is 2.69. The molecule has 2 bridgehead atoms. The highest BCUT2D eigenvalue weighted by Crippen LogP contribution is 2.74. The van der Waals surface area contributed by atoms with E-state index in [0.717, 1.165) is 0 Å². The maximum absolute atomic E-state index is 6.66. The van der Waals surface area contributed by atoms with Crippen molar-refractivity contribution < 1.29 is 4.74 Å². The number of fused-ring (bicyclic) bond motifs is 2. The number of halogens is 7. The second-order valence-corrected chi connectivity index (χ2v) is 9.14. The van der Waals surface area contributed by atoms with Crippen LogP contribution in [0.15, 0.2) is 34.3 Å². The third-order valence-corrected chi connectivity index (χ3v) is 8.75. The monoisotopic (exact) mass is 438 g/mol. The molecule has 1 fully saturated rings. The van der Waals surface area contributed by atoms with Crippen LogP contribution in [0.25, 0.3) is 0 Å². The quantitative estimate of drug-likeness (QED) is 0.482. The van der Waals surface area contributed by atoms with Crippen LogP contribution in [0, 0.1) is 5.92 Å². The van der Waals surface area contributed by atoms with Crippen molar-refractivity contribution in [2.75, 3.05) is 6.61 Å². The Balaban J connectivity index is 1.84. The molecule has 1 nitrogen and oxygen atoms in total. The minimum Gasteiger partial charge on any atom is -0.493 e. The lowest BCUT2D eigenvalue weighted by atomic mass is 9.93. The van der Waals surface area contributed by atoms with E-state index in [0.29, 0.717) is 17.2 Å². The molecule has 3 unspecified atom stereocenters. The molecule has 1 aromatic carbocycles. The van der Waals surface area contributed by atoms with Gasteiger partial charge in [0.25, 0.3) is 0 Å². The summed E-state index contributed by atoms with van der Waals surface area (Å²) in [5, 5.41) is 1.02. The van der Waals surface area contributed by atoms with Crippen LogP contribution >= 0.6 is 81.2 Å². The first-order chi connectivity index (χ1) is 10.1. The smallest absolute Gasteiger partial charge is 0.166 e. The molecular weight excluding hydrogens is 432 g/mol. The van der Waals surface area contributed by atoms with E-state index >= 15 is 0 Å². The van der Waals surface area contributed by atoms with Crippen LogP contribution < -0.4 is 4.74 Å². The summed E-state index contributed by atoms with van der Waals surface area (Å²) >= 11 is 44.3. The fraction of sp³-hybridized carbons (Fsp3) is 0.429. The second-order valence-electron chi connectivity index (χ2n) is 5.38. The first kappa shape index (κ1) is 17.6. The minimum atomic E-state index is -1.51. The number of allylic oxidation sites excluding steroid dienone is 2. The van der Waals surface area contributed by atoms with Gasteiger partial charge in [-0.1, -0.05) is 58.0 Å². The molecule has 0 amide bonds. The summed E-state index contributed by atoms with van der Waals surface area (Å²) in [6, 6.07) is 6.97. The summed E-state index contributed by atoms with van der Waals surface area (Å²) in [5.41, 5.74) is 0. The van der Waals surface area contributed by atoms with Gasteiger partial charge in [-0.05, 0) is 30.7 Å². The van der Waals surface area contributed by atoms with E-state index < -0.39 is 14.1 Å². The molecule has 3 rings (SSSR count). The normalized spacial score (nSPS) is 36.0. The standard InChI is InChI=1S/C14H9Cl7O/c15-8-1-3-9(4-2-8)22-6-7-5-12(18)10(16)11(17)13(7,19)14(12,20)21/h1-4,7H,5-6H2. The second kappa shape index (κ2) is 5.66. The van der Waals surface area contributed by atoms with Gasteiger partial charge in [-0.3, -0.25) is 0 Å². The molecule has 22 heavy (non-hydrogen) atoms. The van der Waals surface area contributed by atoms with E-state index in [-0.39, 0.29) is 22.6 Å². The zero-order chi connectivity index (χ0) is 16.3. The van der Waals surface area contributed by atoms with Crippen molar-refractivity contribution in [3.63, 3.8) is 0 Å². The summed E-state index contributed by atoms with van der Waals surface area (Å²) in [5.74, 6) is 0.365. The van der Waals surface area contributed by atoms with Gasteiger partial charge < -0.3 is 4.74 Å². The molecule has 1 aromatic rings. The molecular formula is C14H9Cl7O. The number of hydrogen-bond donors (Lipinski definition) is 0. The Morgan fingerprint density at radius 3 is 2.05 bits per heavy atom. The van der Waals surface area contributed by atoms with Gasteiger partial charge in [0.2, 0.25) is 0 Å². The number of benzene rings is 1. The van der Waals surface area contributed by atoms with E-state index in [1.807, 2.05) is 0 Å². The lowest BCUT2D eigenvalue weighted by Gasteiger charge is -2.33. The lowest BCUT2D eigenvalue weighted by molar-refractivity contribution is 0.234. The van der Waals surface area contributed by atoms with Crippen LogP contribution in [0.1, 0.15) is 6.42 Å². The molecule has 0 saturated heterocycles. The molecule has 2 aliphatic rings. The van der Waals surface area contributed by atoms with Crippen molar-refractivity contribution in [1.29, 1.82) is 0 Å². The van der Waals surface area contributed by atoms with Gasteiger partial charge in [-0.25, -0.2) is 0 Å². The minimum absolute atomic E-state index is 0.187. The van der Waals surface area contributed by atoms with Crippen molar-refractivity contribution in [3.05, 3.63) is 39.4 Å². The highest BCUT2D eigenvalue weighted by molar-refractivity contribution is 6.65. The van der Waals surface area contributed by atoms with Gasteiger partial charge in [0.05, 0.1) is 16.7 Å². The SMILES string of the molecule is ClC1=C(Cl)C2(Cl)C(COc3ccc(Cl)cc3)CC1(Cl)C2(Cl)Cl. The summed E-state index contributed by atoms with van der Waals surface area (Å²) in [6.45, 7) is 0.251. The number of rotatable bonds is 3. The van der Waals surface area contributed by atoms with Crippen molar-refractivity contribution in [1.82, 2.24) is 0 Å². The number of hydrogen-bond acceptors (Lipinski definition) is 1. The Morgan fingerprint density at radius 2 is 1.55 bits per heavy atom. The molecule has 8 heteroatoms. The Hall–Kier alpha value is 0.790. The van der Waals surface area contributed by atoms with Gasteiger partial charge >= 0.3 is 0 Å². The van der Waals surface area contributed by atoms with E-state index in [9.17, 15) is 0 Å². The Kier molecular flexibility index (Phi) is 4.53. The van der Waals surface area contributed by atoms with E-state index in [1.54, 1.807) is 24.3 Å². The highest BCUT2D eigenvalue weighted by Gasteiger charge is 2.78. The fourth-order valence-electron chi connectivity index (χ4n) is 2.93. The van der Waals surface area contributed by atoms with Gasteiger partial charge in [-0.15, -0.1) is 23.2 Å². The zero-order valence-electron chi connectivity index (χ0n) is 10.9. The van der Waals surface area contributed by atoms with Crippen LogP contribution in [0.2, 0.25) is 5.02 Å². The molecule has 0 aliphatic heterocycles. The first-order valence-electron chi connectivity index (χ1n) is 6.35. The molecule has 3 atom stereocenters. The molecule has 120 valence electrons. The Labute approximate surface area is 163 Å². The number of ether oxygens (including phenoxy) is 1. The van der Waals surface area contributed by atoms with Crippen LogP contribution in [-0.2, 0) is 0 Å². The lowest BCUT2D eigenvalue weighted by Crippen LogP contribution is -2.45. The zero-order valence-corrected chi connectivity index (χ0v) is 16.1. The summed E-state index contributed by atoms with van der Waals surface area (Å²) in [7, 11) is 0. The maximum atomic E-state index is 6.66. The molecule has 0 heterocycles. The van der Waals surface area contributed by atoms with Crippen LogP contribution in [0.5, 0.6) is 5.75 Å². The number of alkyl halides is 4. The predicted molar refractivity (Wildman–Crippen MR) is 95.4 cm³/mol. The van der Waals surface area contributed by atoms with E-state index in [4.69, 9.17) is 85.9 Å². The van der Waals surface area contributed by atoms with Gasteiger partial charge in [0, 0.05) is 10.9 Å². The summed E-state index contributed by atoms with van der Waals surface area (Å²) < 4.78 is 4.23. The van der Waals surface area contributed by atoms with Crippen molar-refractivity contribution in [2.45, 2.75) is 20.5 Å². The molecule has 0 spiro atoms. The average molecular weight is 441 g/mol. The van der Waals surface area contributed by atoms with E-state index in [1.165, 1.54) is 0 Å². The van der Waals surface area contributed by atoms with E-state index in [2.05, 4.69) is 0 Å². The highest BCUT2D eigenvalue weighted by atomic mass is 35.5. The van der Waals surface area contributed by atoms with Crippen LogP contribution in [-0.4, -0.2) is 20.7 Å². The maximum Gasteiger partial charge on any atom is 0.166 e. The summed E-state index contributed by atoms with van der Waals surface area (Å²) in [6.07, 6.45) is 0.369. The largest absolute Gasteiger partial charge is 0.493 e. The Bertz CT molecular complexity index is 641. The van der Waals surface area contributed by atoms with Crippen LogP contribution in [0.4, 0.5) is 0 Å². The molecule has 2 aliphatic carbocycles. The van der Waals surface area contributed by atoms with Crippen LogP contribution in [0.3, 0.4) is 0 Å². The molecule has 0 N–H and O–H groups in total. The van der Waals surface area contributed by atoms with Gasteiger partial charge in [0.15, 0.2) is 4.33 Å². The Morgan fingerprint density at radius 1 is 0.955 bits per heavy atom. The van der Waals surface area contributed by atoms with Gasteiger partial charge in [-0.2, -0.15) is 0 Å². The molecule has 1 saturated carbocycles. The molecule has 0 radical (unpaired) electrons. The summed E-state index contributed by atoms with van der Waals surface area (Å²) in [4.78, 5) is -2.48. The van der Waals surface area contributed by atoms with Crippen molar-refractivity contribution in [3.8, 4) is 5.75 Å². The predicted octanol–water partition coefficient (Wildman–Crippen LogP) is 6.57. The first-order valence-corrected chi connectivity index (χ1v) is 8.99. The third-order valence-electron chi connectivity index (χ3n) is 4.17. The van der Waals surface area contributed by atoms with Crippen molar-refractivity contribution >= 4 is 81.2 Å². The molecule has 0 aromatic heterocycles.